The molecular weight excluding hydrogens is 282 g/mol. The molecule has 0 bridgehead atoms. The third kappa shape index (κ3) is 2.50. The van der Waals surface area contributed by atoms with Gasteiger partial charge in [0.15, 0.2) is 0 Å². The summed E-state index contributed by atoms with van der Waals surface area (Å²) in [5, 5.41) is 0. The van der Waals surface area contributed by atoms with E-state index in [9.17, 15) is 4.79 Å². The van der Waals surface area contributed by atoms with Gasteiger partial charge in [-0.25, -0.2) is 0 Å². The Kier molecular flexibility index (Phi) is 4.52. The maximum Gasteiger partial charge on any atom is 0.240 e. The van der Waals surface area contributed by atoms with E-state index in [0.29, 0.717) is 24.4 Å². The number of carbonyl (C=O) groups is 1. The Morgan fingerprint density at radius 1 is 1.24 bits per heavy atom. The summed E-state index contributed by atoms with van der Waals surface area (Å²) in [6, 6.07) is 7.97. The summed E-state index contributed by atoms with van der Waals surface area (Å²) < 4.78 is 0. The maximum absolute atomic E-state index is 13.1. The van der Waals surface area contributed by atoms with E-state index in [1.165, 1.54) is 0 Å². The molecule has 0 unspecified atom stereocenters. The lowest BCUT2D eigenvalue weighted by Crippen LogP contribution is -2.53. The molecule has 0 saturated carbocycles. The first kappa shape index (κ1) is 15.8. The van der Waals surface area contributed by atoms with Gasteiger partial charge in [-0.1, -0.05) is 38.2 Å². The van der Waals surface area contributed by atoms with Gasteiger partial charge in [0.05, 0.1) is 21.8 Å². The molecule has 1 aliphatic heterocycles. The van der Waals surface area contributed by atoms with Crippen LogP contribution >= 0.6 is 12.2 Å². The number of fused-ring (bicyclic) bond motifs is 1. The number of rotatable bonds is 4. The molecule has 0 aromatic heterocycles. The summed E-state index contributed by atoms with van der Waals surface area (Å²) in [7, 11) is 2.04. The monoisotopic (exact) mass is 305 g/mol. The Balaban J connectivity index is 2.45. The molecule has 114 valence electrons. The van der Waals surface area contributed by atoms with E-state index in [-0.39, 0.29) is 5.91 Å². The maximum atomic E-state index is 13.1. The van der Waals surface area contributed by atoms with Crippen LogP contribution in [0, 0.1) is 5.41 Å². The normalized spacial score (nSPS) is 14.8. The second-order valence-corrected chi connectivity index (χ2v) is 5.96. The number of thiocarbonyl (C=S) groups is 1. The second-order valence-electron chi connectivity index (χ2n) is 5.52. The predicted octanol–water partition coefficient (Wildman–Crippen LogP) is 2.56. The van der Waals surface area contributed by atoms with Crippen LogP contribution in [0.5, 0.6) is 0 Å². The average Bonchev–Trinajstić information content (AvgIpc) is 2.49. The molecule has 0 aliphatic carbocycles. The van der Waals surface area contributed by atoms with Crippen molar-refractivity contribution in [1.82, 2.24) is 0 Å². The third-order valence-electron chi connectivity index (χ3n) is 4.58. The zero-order valence-electron chi connectivity index (χ0n) is 12.9. The van der Waals surface area contributed by atoms with Crippen LogP contribution in [0.25, 0.3) is 0 Å². The van der Waals surface area contributed by atoms with E-state index in [4.69, 9.17) is 18.0 Å². The number of hydrogen-bond acceptors (Lipinski definition) is 3. The van der Waals surface area contributed by atoms with Gasteiger partial charge in [0.2, 0.25) is 5.91 Å². The number of nitrogens with two attached hydrogens (primary N) is 1. The third-order valence-corrected chi connectivity index (χ3v) is 4.97. The highest BCUT2D eigenvalue weighted by Crippen LogP contribution is 2.37. The van der Waals surface area contributed by atoms with Crippen molar-refractivity contribution in [2.45, 2.75) is 26.7 Å². The zero-order chi connectivity index (χ0) is 15.6. The SMILES string of the molecule is CCC(CC)(C(=O)N1CCN(C)c2ccccc21)C(N)=S. The van der Waals surface area contributed by atoms with Crippen molar-refractivity contribution in [3.63, 3.8) is 0 Å². The lowest BCUT2D eigenvalue weighted by molar-refractivity contribution is -0.125. The van der Waals surface area contributed by atoms with Crippen LogP contribution in [0.4, 0.5) is 11.4 Å². The summed E-state index contributed by atoms with van der Waals surface area (Å²) in [4.78, 5) is 17.4. The molecule has 4 nitrogen and oxygen atoms in total. The number of nitrogens with zero attached hydrogens (tertiary/aromatic N) is 2. The van der Waals surface area contributed by atoms with E-state index in [0.717, 1.165) is 17.9 Å². The molecule has 0 radical (unpaired) electrons. The van der Waals surface area contributed by atoms with Crippen molar-refractivity contribution >= 4 is 34.5 Å². The summed E-state index contributed by atoms with van der Waals surface area (Å²) in [5.41, 5.74) is 7.20. The molecule has 0 fully saturated rings. The van der Waals surface area contributed by atoms with E-state index in [2.05, 4.69) is 4.90 Å². The number of anilines is 2. The molecule has 1 heterocycles. The van der Waals surface area contributed by atoms with Gasteiger partial charge < -0.3 is 15.5 Å². The van der Waals surface area contributed by atoms with Crippen LogP contribution in [0.2, 0.25) is 0 Å². The standard InChI is InChI=1S/C16H23N3OS/c1-4-16(5-2,14(17)21)15(20)19-11-10-18(3)12-8-6-7-9-13(12)19/h6-9H,4-5,10-11H2,1-3H3,(H2,17,21). The smallest absolute Gasteiger partial charge is 0.240 e. The second kappa shape index (κ2) is 6.02. The van der Waals surface area contributed by atoms with Crippen LogP contribution in [-0.2, 0) is 4.79 Å². The first-order valence-electron chi connectivity index (χ1n) is 7.40. The molecule has 1 amide bonds. The molecule has 1 aromatic carbocycles. The lowest BCUT2D eigenvalue weighted by Gasteiger charge is -2.40. The van der Waals surface area contributed by atoms with Crippen molar-refractivity contribution in [2.24, 2.45) is 11.1 Å². The molecule has 1 aliphatic rings. The summed E-state index contributed by atoms with van der Waals surface area (Å²) in [5.74, 6) is 0.0283. The summed E-state index contributed by atoms with van der Waals surface area (Å²) in [6.07, 6.45) is 1.26. The van der Waals surface area contributed by atoms with E-state index >= 15 is 0 Å². The molecule has 1 aromatic rings. The fourth-order valence-corrected chi connectivity index (χ4v) is 3.36. The Morgan fingerprint density at radius 3 is 2.33 bits per heavy atom. The highest BCUT2D eigenvalue weighted by atomic mass is 32.1. The van der Waals surface area contributed by atoms with Crippen LogP contribution in [0.15, 0.2) is 24.3 Å². The quantitative estimate of drug-likeness (QED) is 0.869. The topological polar surface area (TPSA) is 49.6 Å². The molecule has 2 N–H and O–H groups in total. The zero-order valence-corrected chi connectivity index (χ0v) is 13.7. The van der Waals surface area contributed by atoms with E-state index in [1.807, 2.05) is 50.1 Å². The van der Waals surface area contributed by atoms with Crippen LogP contribution in [-0.4, -0.2) is 31.0 Å². The average molecular weight is 305 g/mol. The highest BCUT2D eigenvalue weighted by Gasteiger charge is 2.42. The Bertz CT molecular complexity index is 554. The number of amides is 1. The fourth-order valence-electron chi connectivity index (χ4n) is 2.98. The number of likely N-dealkylation sites (N-methyl/N-ethyl adjacent to an activating group) is 1. The first-order chi connectivity index (χ1) is 9.97. The van der Waals surface area contributed by atoms with Gasteiger partial charge in [0, 0.05) is 20.1 Å². The van der Waals surface area contributed by atoms with Gasteiger partial charge in [0.25, 0.3) is 0 Å². The van der Waals surface area contributed by atoms with Gasteiger partial charge in [0.1, 0.15) is 0 Å². The number of para-hydroxylation sites is 2. The molecule has 0 saturated heterocycles. The Hall–Kier alpha value is -1.62. The molecule has 0 spiro atoms. The lowest BCUT2D eigenvalue weighted by atomic mass is 9.80. The largest absolute Gasteiger partial charge is 0.392 e. The summed E-state index contributed by atoms with van der Waals surface area (Å²) in [6.45, 7) is 5.42. The number of benzene rings is 1. The minimum absolute atomic E-state index is 0.0283. The minimum atomic E-state index is -0.738. The van der Waals surface area contributed by atoms with Crippen molar-refractivity contribution in [3.05, 3.63) is 24.3 Å². The Labute approximate surface area is 131 Å². The van der Waals surface area contributed by atoms with Gasteiger partial charge in [-0.2, -0.15) is 0 Å². The first-order valence-corrected chi connectivity index (χ1v) is 7.80. The van der Waals surface area contributed by atoms with Crippen molar-refractivity contribution < 1.29 is 4.79 Å². The van der Waals surface area contributed by atoms with Gasteiger partial charge >= 0.3 is 0 Å². The molecule has 21 heavy (non-hydrogen) atoms. The highest BCUT2D eigenvalue weighted by molar-refractivity contribution is 7.80. The molecular formula is C16H23N3OS. The molecule has 2 rings (SSSR count). The van der Waals surface area contributed by atoms with Crippen molar-refractivity contribution in [2.75, 3.05) is 29.9 Å². The fraction of sp³-hybridized carbons (Fsp3) is 0.500. The predicted molar refractivity (Wildman–Crippen MR) is 91.9 cm³/mol. The minimum Gasteiger partial charge on any atom is -0.392 e. The van der Waals surface area contributed by atoms with E-state index in [1.54, 1.807) is 0 Å². The molecule has 0 atom stereocenters. The van der Waals surface area contributed by atoms with Crippen LogP contribution in [0.1, 0.15) is 26.7 Å². The van der Waals surface area contributed by atoms with E-state index < -0.39 is 5.41 Å². The van der Waals surface area contributed by atoms with Crippen molar-refractivity contribution in [1.29, 1.82) is 0 Å². The summed E-state index contributed by atoms with van der Waals surface area (Å²) >= 11 is 5.21. The number of hydrogen-bond donors (Lipinski definition) is 1. The van der Waals surface area contributed by atoms with Crippen LogP contribution < -0.4 is 15.5 Å². The van der Waals surface area contributed by atoms with Gasteiger partial charge in [-0.15, -0.1) is 0 Å². The number of carbonyl (C=O) groups excluding carboxylic acids is 1. The van der Waals surface area contributed by atoms with Crippen LogP contribution in [0.3, 0.4) is 0 Å². The molecule has 5 heteroatoms. The van der Waals surface area contributed by atoms with Gasteiger partial charge in [-0.3, -0.25) is 4.79 Å². The Morgan fingerprint density at radius 2 is 1.81 bits per heavy atom. The van der Waals surface area contributed by atoms with Crippen molar-refractivity contribution in [3.8, 4) is 0 Å². The van der Waals surface area contributed by atoms with Gasteiger partial charge in [-0.05, 0) is 25.0 Å².